The lowest BCUT2D eigenvalue weighted by Crippen LogP contribution is -2.23. The number of carboxylic acids is 1. The van der Waals surface area contributed by atoms with Crippen LogP contribution in [0.25, 0.3) is 10.9 Å². The number of fused-ring (bicyclic) bond motifs is 1. The molecule has 0 unspecified atom stereocenters. The lowest BCUT2D eigenvalue weighted by Gasteiger charge is -2.10. The number of pyridine rings is 1. The third kappa shape index (κ3) is 3.90. The Morgan fingerprint density at radius 1 is 1.30 bits per heavy atom. The van der Waals surface area contributed by atoms with E-state index in [1.54, 1.807) is 12.1 Å². The number of rotatable bonds is 6. The number of carboxylic acid groups (broad SMARTS) is 1. The topological polar surface area (TPSA) is 110 Å². The van der Waals surface area contributed by atoms with Crippen molar-refractivity contribution in [1.82, 2.24) is 25.3 Å². The molecule has 3 aromatic rings. The average molecular weight is 386 g/mol. The van der Waals surface area contributed by atoms with E-state index in [1.165, 1.54) is 10.9 Å². The molecule has 1 aliphatic carbocycles. The van der Waals surface area contributed by atoms with Crippen LogP contribution in [0.2, 0.25) is 5.02 Å². The first kappa shape index (κ1) is 17.4. The molecule has 1 amide bonds. The van der Waals surface area contributed by atoms with Gasteiger partial charge in [-0.25, -0.2) is 4.68 Å². The second-order valence-electron chi connectivity index (χ2n) is 6.51. The van der Waals surface area contributed by atoms with Crippen molar-refractivity contribution in [3.8, 4) is 0 Å². The summed E-state index contributed by atoms with van der Waals surface area (Å²) < 4.78 is 1.20. The van der Waals surface area contributed by atoms with Gasteiger partial charge in [0.15, 0.2) is 0 Å². The molecule has 1 aliphatic rings. The van der Waals surface area contributed by atoms with Crippen molar-refractivity contribution in [1.29, 1.82) is 0 Å². The van der Waals surface area contributed by atoms with Gasteiger partial charge in [-0.05, 0) is 37.1 Å². The van der Waals surface area contributed by atoms with Crippen molar-refractivity contribution in [2.24, 2.45) is 0 Å². The largest absolute Gasteiger partial charge is 0.480 e. The number of carbonyl (C=O) groups is 2. The number of benzene rings is 1. The van der Waals surface area contributed by atoms with Crippen LogP contribution in [0.1, 0.15) is 40.5 Å². The molecule has 0 saturated heterocycles. The van der Waals surface area contributed by atoms with E-state index in [2.05, 4.69) is 20.6 Å². The number of aromatic nitrogens is 4. The van der Waals surface area contributed by atoms with Crippen LogP contribution in [0, 0.1) is 0 Å². The van der Waals surface area contributed by atoms with Crippen molar-refractivity contribution in [2.75, 3.05) is 0 Å². The van der Waals surface area contributed by atoms with Crippen molar-refractivity contribution in [3.05, 3.63) is 52.4 Å². The number of hydrogen-bond donors (Lipinski definition) is 2. The fourth-order valence-corrected chi connectivity index (χ4v) is 3.07. The van der Waals surface area contributed by atoms with Gasteiger partial charge >= 0.3 is 5.97 Å². The molecule has 1 aromatic carbocycles. The van der Waals surface area contributed by atoms with Gasteiger partial charge in [-0.15, -0.1) is 5.10 Å². The van der Waals surface area contributed by atoms with E-state index >= 15 is 0 Å². The Hall–Kier alpha value is -3.00. The summed E-state index contributed by atoms with van der Waals surface area (Å²) in [5.74, 6) is -0.866. The fraction of sp³-hybridized carbons (Fsp3) is 0.278. The predicted molar refractivity (Wildman–Crippen MR) is 97.6 cm³/mol. The van der Waals surface area contributed by atoms with Crippen molar-refractivity contribution in [3.63, 3.8) is 0 Å². The van der Waals surface area contributed by atoms with Gasteiger partial charge in [0, 0.05) is 22.0 Å². The molecule has 2 heterocycles. The second kappa shape index (κ2) is 6.96. The van der Waals surface area contributed by atoms with Crippen molar-refractivity contribution >= 4 is 34.4 Å². The molecule has 8 nitrogen and oxygen atoms in total. The molecule has 0 aliphatic heterocycles. The Kier molecular flexibility index (Phi) is 4.49. The van der Waals surface area contributed by atoms with Crippen LogP contribution in [0.5, 0.6) is 0 Å². The highest BCUT2D eigenvalue weighted by Crippen LogP contribution is 2.40. The van der Waals surface area contributed by atoms with E-state index in [0.717, 1.165) is 24.1 Å². The minimum Gasteiger partial charge on any atom is -0.480 e. The molecular weight excluding hydrogens is 370 g/mol. The summed E-state index contributed by atoms with van der Waals surface area (Å²) in [5, 5.41) is 20.4. The van der Waals surface area contributed by atoms with Crippen LogP contribution >= 0.6 is 11.6 Å². The number of carbonyl (C=O) groups excluding carboxylic acids is 1. The number of nitrogens with zero attached hydrogens (tertiary/aromatic N) is 4. The molecule has 0 spiro atoms. The SMILES string of the molecule is O=C(O)Cn1cc(CNC(=O)c2cc(C3CC3)nc3ccc(Cl)cc23)nn1. The maximum atomic E-state index is 12.8. The van der Waals surface area contributed by atoms with Gasteiger partial charge in [0.25, 0.3) is 5.91 Å². The summed E-state index contributed by atoms with van der Waals surface area (Å²) in [5.41, 5.74) is 2.65. The molecule has 9 heteroatoms. The predicted octanol–water partition coefficient (Wildman–Crippen LogP) is 2.37. The van der Waals surface area contributed by atoms with Gasteiger partial charge in [-0.1, -0.05) is 16.8 Å². The van der Waals surface area contributed by atoms with E-state index in [4.69, 9.17) is 16.7 Å². The Morgan fingerprint density at radius 3 is 2.85 bits per heavy atom. The van der Waals surface area contributed by atoms with Gasteiger partial charge in [0.1, 0.15) is 12.2 Å². The summed E-state index contributed by atoms with van der Waals surface area (Å²) in [6.45, 7) is -0.138. The van der Waals surface area contributed by atoms with E-state index < -0.39 is 5.97 Å². The van der Waals surface area contributed by atoms with Crippen LogP contribution in [-0.2, 0) is 17.9 Å². The summed E-state index contributed by atoms with van der Waals surface area (Å²) in [4.78, 5) is 28.1. The Balaban J connectivity index is 1.57. The summed E-state index contributed by atoms with van der Waals surface area (Å²) >= 11 is 6.10. The highest BCUT2D eigenvalue weighted by Gasteiger charge is 2.27. The fourth-order valence-electron chi connectivity index (χ4n) is 2.90. The minimum atomic E-state index is -1.01. The Bertz CT molecular complexity index is 1040. The molecule has 138 valence electrons. The zero-order valence-corrected chi connectivity index (χ0v) is 15.0. The third-order valence-corrected chi connectivity index (χ3v) is 4.58. The number of nitrogens with one attached hydrogen (secondary N) is 1. The van der Waals surface area contributed by atoms with Gasteiger partial charge in [0.05, 0.1) is 23.8 Å². The van der Waals surface area contributed by atoms with Gasteiger partial charge in [0.2, 0.25) is 0 Å². The summed E-state index contributed by atoms with van der Waals surface area (Å²) in [7, 11) is 0. The zero-order chi connectivity index (χ0) is 19.0. The quantitative estimate of drug-likeness (QED) is 0.674. The molecule has 2 N–H and O–H groups in total. The van der Waals surface area contributed by atoms with E-state index in [9.17, 15) is 9.59 Å². The number of halogens is 1. The molecular formula is C18H16ClN5O3. The number of aliphatic carboxylic acids is 1. The zero-order valence-electron chi connectivity index (χ0n) is 14.2. The molecule has 0 atom stereocenters. The van der Waals surface area contributed by atoms with Gasteiger partial charge < -0.3 is 10.4 Å². The average Bonchev–Trinajstić information content (AvgIpc) is 3.39. The third-order valence-electron chi connectivity index (χ3n) is 4.34. The molecule has 2 aromatic heterocycles. The summed E-state index contributed by atoms with van der Waals surface area (Å²) in [6.07, 6.45) is 3.66. The Morgan fingerprint density at radius 2 is 2.11 bits per heavy atom. The highest BCUT2D eigenvalue weighted by molar-refractivity contribution is 6.31. The number of hydrogen-bond acceptors (Lipinski definition) is 5. The normalized spacial score (nSPS) is 13.7. The van der Waals surface area contributed by atoms with Crippen LogP contribution < -0.4 is 5.32 Å². The Labute approximate surface area is 159 Å². The van der Waals surface area contributed by atoms with Crippen LogP contribution in [0.3, 0.4) is 0 Å². The maximum absolute atomic E-state index is 12.8. The monoisotopic (exact) mass is 385 g/mol. The number of amides is 1. The van der Waals surface area contributed by atoms with Gasteiger partial charge in [-0.3, -0.25) is 14.6 Å². The van der Waals surface area contributed by atoms with E-state index in [0.29, 0.717) is 27.6 Å². The van der Waals surface area contributed by atoms with Crippen LogP contribution in [0.4, 0.5) is 0 Å². The standard InChI is InChI=1S/C18H16ClN5O3/c19-11-3-4-15-13(5-11)14(6-16(21-15)10-1-2-10)18(27)20-7-12-8-24(23-22-12)9-17(25)26/h3-6,8,10H,1-2,7,9H2,(H,20,27)(H,25,26). The maximum Gasteiger partial charge on any atom is 0.325 e. The first-order chi connectivity index (χ1) is 13.0. The molecule has 0 bridgehead atoms. The molecule has 27 heavy (non-hydrogen) atoms. The molecule has 1 saturated carbocycles. The van der Waals surface area contributed by atoms with Crippen molar-refractivity contribution < 1.29 is 14.7 Å². The van der Waals surface area contributed by atoms with Crippen LogP contribution in [0.15, 0.2) is 30.5 Å². The van der Waals surface area contributed by atoms with Crippen molar-refractivity contribution in [2.45, 2.75) is 31.8 Å². The lowest BCUT2D eigenvalue weighted by atomic mass is 10.1. The minimum absolute atomic E-state index is 0.140. The van der Waals surface area contributed by atoms with E-state index in [1.807, 2.05) is 12.1 Å². The molecule has 4 rings (SSSR count). The lowest BCUT2D eigenvalue weighted by molar-refractivity contribution is -0.137. The first-order valence-corrected chi connectivity index (χ1v) is 8.86. The smallest absolute Gasteiger partial charge is 0.325 e. The highest BCUT2D eigenvalue weighted by atomic mass is 35.5. The van der Waals surface area contributed by atoms with Crippen LogP contribution in [-0.4, -0.2) is 37.0 Å². The van der Waals surface area contributed by atoms with Gasteiger partial charge in [-0.2, -0.15) is 0 Å². The van der Waals surface area contributed by atoms with E-state index in [-0.39, 0.29) is 19.0 Å². The first-order valence-electron chi connectivity index (χ1n) is 8.49. The molecule has 0 radical (unpaired) electrons. The second-order valence-corrected chi connectivity index (χ2v) is 6.95. The molecule has 1 fully saturated rings. The summed E-state index contributed by atoms with van der Waals surface area (Å²) in [6, 6.07) is 7.14.